The fraction of sp³-hybridized carbons (Fsp3) is 0.529. The van der Waals surface area contributed by atoms with Crippen molar-refractivity contribution in [3.63, 3.8) is 0 Å². The third kappa shape index (κ3) is 3.74. The molecule has 0 aliphatic carbocycles. The van der Waals surface area contributed by atoms with Crippen LogP contribution in [-0.2, 0) is 9.53 Å². The van der Waals surface area contributed by atoms with Crippen molar-refractivity contribution in [1.82, 2.24) is 9.80 Å². The molecular formula is C17H22FN3O3S. The third-order valence-electron chi connectivity index (χ3n) is 4.72. The number of piperidine rings is 1. The number of hydrogen-bond donors (Lipinski definition) is 1. The Kier molecular flexibility index (Phi) is 5.48. The quantitative estimate of drug-likeness (QED) is 0.888. The second kappa shape index (κ2) is 7.61. The van der Waals surface area contributed by atoms with Gasteiger partial charge in [0.25, 0.3) is 0 Å². The fourth-order valence-electron chi connectivity index (χ4n) is 3.32. The van der Waals surface area contributed by atoms with Gasteiger partial charge in [0.2, 0.25) is 5.91 Å². The van der Waals surface area contributed by atoms with Gasteiger partial charge < -0.3 is 19.9 Å². The number of benzene rings is 1. The van der Waals surface area contributed by atoms with Crippen molar-refractivity contribution in [2.45, 2.75) is 17.7 Å². The lowest BCUT2D eigenvalue weighted by Gasteiger charge is -2.43. The summed E-state index contributed by atoms with van der Waals surface area (Å²) in [6, 6.07) is 5.81. The van der Waals surface area contributed by atoms with Crippen LogP contribution >= 0.6 is 11.8 Å². The van der Waals surface area contributed by atoms with E-state index >= 15 is 0 Å². The van der Waals surface area contributed by atoms with Gasteiger partial charge in [-0.1, -0.05) is 12.1 Å². The van der Waals surface area contributed by atoms with Crippen molar-refractivity contribution in [3.05, 3.63) is 30.1 Å². The number of urea groups is 1. The fourth-order valence-corrected chi connectivity index (χ4v) is 4.69. The Labute approximate surface area is 150 Å². The zero-order valence-corrected chi connectivity index (χ0v) is 15.0. The van der Waals surface area contributed by atoms with Crippen LogP contribution in [0.3, 0.4) is 0 Å². The summed E-state index contributed by atoms with van der Waals surface area (Å²) in [4.78, 5) is 27.9. The van der Waals surface area contributed by atoms with Gasteiger partial charge in [0, 0.05) is 26.7 Å². The van der Waals surface area contributed by atoms with E-state index in [1.54, 1.807) is 35.9 Å². The molecule has 2 fully saturated rings. The highest BCUT2D eigenvalue weighted by Gasteiger charge is 2.48. The topological polar surface area (TPSA) is 61.9 Å². The van der Waals surface area contributed by atoms with Gasteiger partial charge in [-0.3, -0.25) is 4.79 Å². The number of amides is 3. The smallest absolute Gasteiger partial charge is 0.321 e. The largest absolute Gasteiger partial charge is 0.383 e. The van der Waals surface area contributed by atoms with Gasteiger partial charge in [-0.25, -0.2) is 9.18 Å². The monoisotopic (exact) mass is 367 g/mol. The zero-order chi connectivity index (χ0) is 17.9. The molecule has 8 heteroatoms. The number of rotatable bonds is 4. The Hall–Kier alpha value is -1.80. The van der Waals surface area contributed by atoms with Crippen LogP contribution in [0.5, 0.6) is 0 Å². The first-order chi connectivity index (χ1) is 12.1. The highest BCUT2D eigenvalue weighted by molar-refractivity contribution is 8.01. The summed E-state index contributed by atoms with van der Waals surface area (Å²) in [5.41, 5.74) is 0.180. The molecule has 25 heavy (non-hydrogen) atoms. The number of nitrogens with zero attached hydrogens (tertiary/aromatic N) is 2. The molecule has 3 amide bonds. The van der Waals surface area contributed by atoms with Crippen molar-refractivity contribution in [2.75, 3.05) is 44.4 Å². The first-order valence-electron chi connectivity index (χ1n) is 8.29. The van der Waals surface area contributed by atoms with Crippen molar-refractivity contribution in [1.29, 1.82) is 0 Å². The summed E-state index contributed by atoms with van der Waals surface area (Å²) in [6.07, 6.45) is 1.41. The van der Waals surface area contributed by atoms with Gasteiger partial charge in [-0.15, -0.1) is 11.8 Å². The van der Waals surface area contributed by atoms with Gasteiger partial charge in [-0.05, 0) is 25.0 Å². The second-order valence-electron chi connectivity index (χ2n) is 6.17. The number of hydrogen-bond acceptors (Lipinski definition) is 4. The van der Waals surface area contributed by atoms with Crippen LogP contribution < -0.4 is 5.32 Å². The molecule has 0 bridgehead atoms. The van der Waals surface area contributed by atoms with Gasteiger partial charge in [0.05, 0.1) is 22.9 Å². The Morgan fingerprint density at radius 3 is 2.76 bits per heavy atom. The summed E-state index contributed by atoms with van der Waals surface area (Å²) in [5.74, 6) is 0.156. The minimum absolute atomic E-state index is 0.131. The van der Waals surface area contributed by atoms with Gasteiger partial charge in [0.15, 0.2) is 0 Å². The molecule has 0 atom stereocenters. The SMILES string of the molecule is COCCN1C(=O)CSC12CCN(C(=O)Nc1ccccc1F)CC2. The molecule has 1 N–H and O–H groups in total. The standard InChI is InChI=1S/C17H22FN3O3S/c1-24-11-10-21-15(22)12-25-17(21)6-8-20(9-7-17)16(23)19-14-5-3-2-4-13(14)18/h2-5H,6-12H2,1H3,(H,19,23). The van der Waals surface area contributed by atoms with E-state index in [0.29, 0.717) is 44.8 Å². The Balaban J connectivity index is 1.60. The molecule has 2 aliphatic heterocycles. The van der Waals surface area contributed by atoms with Crippen molar-refractivity contribution in [2.24, 2.45) is 0 Å². The molecule has 0 saturated carbocycles. The van der Waals surface area contributed by atoms with Crippen LogP contribution in [0.4, 0.5) is 14.9 Å². The molecule has 1 aromatic carbocycles. The first-order valence-corrected chi connectivity index (χ1v) is 9.28. The summed E-state index contributed by atoms with van der Waals surface area (Å²) in [7, 11) is 1.62. The lowest BCUT2D eigenvalue weighted by Crippen LogP contribution is -2.54. The number of anilines is 1. The van der Waals surface area contributed by atoms with E-state index < -0.39 is 5.82 Å². The number of halogens is 1. The van der Waals surface area contributed by atoms with E-state index in [1.807, 2.05) is 4.90 Å². The Morgan fingerprint density at radius 1 is 1.36 bits per heavy atom. The molecular weight excluding hydrogens is 345 g/mol. The number of carbonyl (C=O) groups is 2. The molecule has 2 heterocycles. The number of carbonyl (C=O) groups excluding carboxylic acids is 2. The lowest BCUT2D eigenvalue weighted by molar-refractivity contribution is -0.131. The second-order valence-corrected chi connectivity index (χ2v) is 7.51. The van der Waals surface area contributed by atoms with E-state index in [2.05, 4.69) is 5.32 Å². The van der Waals surface area contributed by atoms with E-state index in [4.69, 9.17) is 4.74 Å². The van der Waals surface area contributed by atoms with Gasteiger partial charge >= 0.3 is 6.03 Å². The van der Waals surface area contributed by atoms with Gasteiger partial charge in [0.1, 0.15) is 5.82 Å². The number of ether oxygens (including phenoxy) is 1. The predicted octanol–water partition coefficient (Wildman–Crippen LogP) is 2.37. The number of thioether (sulfide) groups is 1. The third-order valence-corrected chi connectivity index (χ3v) is 6.28. The first kappa shape index (κ1) is 18.0. The molecule has 3 rings (SSSR count). The molecule has 2 aliphatic rings. The molecule has 0 aromatic heterocycles. The highest BCUT2D eigenvalue weighted by atomic mass is 32.2. The maximum absolute atomic E-state index is 13.7. The molecule has 0 unspecified atom stereocenters. The average Bonchev–Trinajstić information content (AvgIpc) is 2.91. The molecule has 1 aromatic rings. The van der Waals surface area contributed by atoms with Crippen LogP contribution in [0.2, 0.25) is 0 Å². The lowest BCUT2D eigenvalue weighted by atomic mass is 10.0. The Bertz CT molecular complexity index is 650. The summed E-state index contributed by atoms with van der Waals surface area (Å²) >= 11 is 1.65. The summed E-state index contributed by atoms with van der Waals surface area (Å²) < 4.78 is 18.8. The van der Waals surface area contributed by atoms with Crippen molar-refractivity contribution >= 4 is 29.4 Å². The van der Waals surface area contributed by atoms with E-state index in [9.17, 15) is 14.0 Å². The van der Waals surface area contributed by atoms with Crippen molar-refractivity contribution in [3.8, 4) is 0 Å². The van der Waals surface area contributed by atoms with E-state index in [-0.39, 0.29) is 22.5 Å². The average molecular weight is 367 g/mol. The molecule has 0 radical (unpaired) electrons. The Morgan fingerprint density at radius 2 is 2.08 bits per heavy atom. The van der Waals surface area contributed by atoms with Crippen molar-refractivity contribution < 1.29 is 18.7 Å². The normalized spacial score (nSPS) is 19.5. The molecule has 136 valence electrons. The van der Waals surface area contributed by atoms with Crippen LogP contribution in [0, 0.1) is 5.82 Å². The summed E-state index contributed by atoms with van der Waals surface area (Å²) in [5, 5.41) is 2.62. The number of methoxy groups -OCH3 is 1. The van der Waals surface area contributed by atoms with Crippen LogP contribution in [0.25, 0.3) is 0 Å². The van der Waals surface area contributed by atoms with E-state index in [1.165, 1.54) is 12.1 Å². The van der Waals surface area contributed by atoms with Crippen LogP contribution in [0.15, 0.2) is 24.3 Å². The van der Waals surface area contributed by atoms with Crippen LogP contribution in [-0.4, -0.2) is 65.7 Å². The maximum Gasteiger partial charge on any atom is 0.321 e. The molecule has 1 spiro atoms. The molecule has 6 nitrogen and oxygen atoms in total. The molecule has 2 saturated heterocycles. The minimum atomic E-state index is -0.452. The number of para-hydroxylation sites is 1. The summed E-state index contributed by atoms with van der Waals surface area (Å²) in [6.45, 7) is 2.14. The minimum Gasteiger partial charge on any atom is -0.383 e. The highest BCUT2D eigenvalue weighted by Crippen LogP contribution is 2.44. The van der Waals surface area contributed by atoms with Crippen LogP contribution in [0.1, 0.15) is 12.8 Å². The number of likely N-dealkylation sites (tertiary alicyclic amines) is 1. The van der Waals surface area contributed by atoms with E-state index in [0.717, 1.165) is 0 Å². The van der Waals surface area contributed by atoms with Gasteiger partial charge in [-0.2, -0.15) is 0 Å². The number of nitrogens with one attached hydrogen (secondary N) is 1. The maximum atomic E-state index is 13.7. The zero-order valence-electron chi connectivity index (χ0n) is 14.2. The predicted molar refractivity (Wildman–Crippen MR) is 95.0 cm³/mol.